The number of rotatable bonds is 8. The molecule has 0 atom stereocenters. The number of carbonyl (C=O) groups is 1. The predicted molar refractivity (Wildman–Crippen MR) is 68.9 cm³/mol. The summed E-state index contributed by atoms with van der Waals surface area (Å²) in [5.41, 5.74) is 0. The molecule has 1 fully saturated rings. The highest BCUT2D eigenvalue weighted by Gasteiger charge is 2.60. The van der Waals surface area contributed by atoms with Gasteiger partial charge >= 0.3 is 24.0 Å². The third-order valence-corrected chi connectivity index (χ3v) is 3.73. The Bertz CT molecular complexity index is 404. The van der Waals surface area contributed by atoms with E-state index < -0.39 is 43.4 Å². The van der Waals surface area contributed by atoms with Gasteiger partial charge in [0.1, 0.15) is 6.42 Å². The van der Waals surface area contributed by atoms with Gasteiger partial charge < -0.3 is 9.47 Å². The van der Waals surface area contributed by atoms with E-state index in [0.717, 1.165) is 12.8 Å². The van der Waals surface area contributed by atoms with Crippen LogP contribution in [0.25, 0.3) is 0 Å². The van der Waals surface area contributed by atoms with Crippen LogP contribution in [0.3, 0.4) is 0 Å². The van der Waals surface area contributed by atoms with Crippen LogP contribution in [0.2, 0.25) is 0 Å². The minimum absolute atomic E-state index is 0.0603. The molecular weight excluding hydrogens is 349 g/mol. The van der Waals surface area contributed by atoms with Crippen molar-refractivity contribution in [2.45, 2.75) is 56.5 Å². The second-order valence-electron chi connectivity index (χ2n) is 5.77. The number of halogens is 7. The summed E-state index contributed by atoms with van der Waals surface area (Å²) >= 11 is 0. The molecule has 0 aromatic carbocycles. The lowest BCUT2D eigenvalue weighted by molar-refractivity contribution is -0.267. The Morgan fingerprint density at radius 1 is 1.00 bits per heavy atom. The highest BCUT2D eigenvalue weighted by molar-refractivity contribution is 5.69. The fraction of sp³-hybridized carbons (Fsp3) is 0.929. The largest absolute Gasteiger partial charge is 0.465 e. The number of alkyl halides is 7. The van der Waals surface area contributed by atoms with Crippen molar-refractivity contribution in [2.24, 2.45) is 5.92 Å². The van der Waals surface area contributed by atoms with Crippen LogP contribution < -0.4 is 0 Å². The SMILES string of the molecule is O=C(CCC1CCOCC1)OCCC(F)(F)C(F)(F)CC(F)(F)F. The monoisotopic (exact) mass is 368 g/mol. The fourth-order valence-corrected chi connectivity index (χ4v) is 2.29. The molecule has 1 aliphatic rings. The summed E-state index contributed by atoms with van der Waals surface area (Å²) in [6.45, 7) is 0.0769. The van der Waals surface area contributed by atoms with Crippen molar-refractivity contribution in [1.29, 1.82) is 0 Å². The quantitative estimate of drug-likeness (QED) is 0.472. The average molecular weight is 368 g/mol. The Hall–Kier alpha value is -1.06. The van der Waals surface area contributed by atoms with Crippen molar-refractivity contribution in [3.8, 4) is 0 Å². The minimum Gasteiger partial charge on any atom is -0.465 e. The summed E-state index contributed by atoms with van der Waals surface area (Å²) in [5.74, 6) is -10.8. The van der Waals surface area contributed by atoms with E-state index in [1.54, 1.807) is 0 Å². The number of hydrogen-bond acceptors (Lipinski definition) is 3. The van der Waals surface area contributed by atoms with E-state index in [1.807, 2.05) is 0 Å². The van der Waals surface area contributed by atoms with Gasteiger partial charge in [-0.2, -0.15) is 30.7 Å². The topological polar surface area (TPSA) is 35.5 Å². The normalized spacial score (nSPS) is 17.8. The molecule has 3 nitrogen and oxygen atoms in total. The van der Waals surface area contributed by atoms with Gasteiger partial charge in [0.2, 0.25) is 0 Å². The van der Waals surface area contributed by atoms with Crippen molar-refractivity contribution >= 4 is 5.97 Å². The summed E-state index contributed by atoms with van der Waals surface area (Å²) in [6, 6.07) is 0. The zero-order chi connectivity index (χ0) is 18.4. The Kier molecular flexibility index (Phi) is 7.30. The van der Waals surface area contributed by atoms with Crippen LogP contribution in [0, 0.1) is 5.92 Å². The van der Waals surface area contributed by atoms with E-state index in [1.165, 1.54) is 0 Å². The van der Waals surface area contributed by atoms with Crippen molar-refractivity contribution < 1.29 is 45.0 Å². The molecular formula is C14H19F7O3. The van der Waals surface area contributed by atoms with E-state index in [9.17, 15) is 35.5 Å². The van der Waals surface area contributed by atoms with Crippen LogP contribution in [0.1, 0.15) is 38.5 Å². The second-order valence-corrected chi connectivity index (χ2v) is 5.77. The lowest BCUT2D eigenvalue weighted by atomic mass is 9.95. The maximum absolute atomic E-state index is 13.2. The molecule has 0 aliphatic carbocycles. The van der Waals surface area contributed by atoms with Crippen LogP contribution >= 0.6 is 0 Å². The van der Waals surface area contributed by atoms with E-state index in [4.69, 9.17) is 4.74 Å². The molecule has 1 rings (SSSR count). The molecule has 24 heavy (non-hydrogen) atoms. The van der Waals surface area contributed by atoms with Crippen LogP contribution in [-0.4, -0.2) is 43.8 Å². The van der Waals surface area contributed by atoms with Gasteiger partial charge in [-0.3, -0.25) is 4.79 Å². The van der Waals surface area contributed by atoms with Crippen molar-refractivity contribution in [2.75, 3.05) is 19.8 Å². The summed E-state index contributed by atoms with van der Waals surface area (Å²) in [5, 5.41) is 0. The van der Waals surface area contributed by atoms with E-state index in [-0.39, 0.29) is 12.3 Å². The van der Waals surface area contributed by atoms with Crippen molar-refractivity contribution in [3.05, 3.63) is 0 Å². The van der Waals surface area contributed by atoms with Gasteiger partial charge in [0.15, 0.2) is 0 Å². The van der Waals surface area contributed by atoms with Crippen molar-refractivity contribution in [1.82, 2.24) is 0 Å². The molecule has 0 saturated carbocycles. The van der Waals surface area contributed by atoms with Gasteiger partial charge in [0.05, 0.1) is 13.0 Å². The van der Waals surface area contributed by atoms with Gasteiger partial charge in [-0.25, -0.2) is 0 Å². The third kappa shape index (κ3) is 7.23. The molecule has 0 unspecified atom stereocenters. The molecule has 0 bridgehead atoms. The maximum Gasteiger partial charge on any atom is 0.395 e. The highest BCUT2D eigenvalue weighted by atomic mass is 19.4. The van der Waals surface area contributed by atoms with Crippen LogP contribution in [0.4, 0.5) is 30.7 Å². The Morgan fingerprint density at radius 3 is 2.12 bits per heavy atom. The first-order valence-electron chi connectivity index (χ1n) is 7.49. The molecule has 0 aromatic heterocycles. The molecule has 0 amide bonds. The van der Waals surface area contributed by atoms with Gasteiger partial charge in [-0.05, 0) is 25.2 Å². The molecule has 1 aliphatic heterocycles. The summed E-state index contributed by atoms with van der Waals surface area (Å²) in [4.78, 5) is 11.4. The number of esters is 1. The first kappa shape index (κ1) is 21.0. The van der Waals surface area contributed by atoms with Gasteiger partial charge in [0, 0.05) is 19.6 Å². The fourth-order valence-electron chi connectivity index (χ4n) is 2.29. The first-order chi connectivity index (χ1) is 10.9. The molecule has 0 spiro atoms. The van der Waals surface area contributed by atoms with Crippen molar-refractivity contribution in [3.63, 3.8) is 0 Å². The van der Waals surface area contributed by atoms with Gasteiger partial charge in [0.25, 0.3) is 0 Å². The number of carbonyl (C=O) groups excluding carboxylic acids is 1. The molecule has 1 saturated heterocycles. The minimum atomic E-state index is -5.42. The maximum atomic E-state index is 13.2. The van der Waals surface area contributed by atoms with Crippen LogP contribution in [0.5, 0.6) is 0 Å². The highest BCUT2D eigenvalue weighted by Crippen LogP contribution is 2.44. The summed E-state index contributed by atoms with van der Waals surface area (Å²) in [6.07, 6.45) is -8.10. The average Bonchev–Trinajstić information content (AvgIpc) is 2.43. The smallest absolute Gasteiger partial charge is 0.395 e. The Balaban J connectivity index is 2.32. The lowest BCUT2D eigenvalue weighted by Gasteiger charge is -2.27. The standard InChI is InChI=1S/C14H19F7O3/c15-12(16,13(17,18)9-14(19,20)21)5-8-24-11(22)2-1-10-3-6-23-7-4-10/h10H,1-9H2. The molecule has 0 radical (unpaired) electrons. The van der Waals surface area contributed by atoms with Crippen LogP contribution in [-0.2, 0) is 14.3 Å². The van der Waals surface area contributed by atoms with E-state index >= 15 is 0 Å². The molecule has 0 N–H and O–H groups in total. The van der Waals surface area contributed by atoms with Gasteiger partial charge in [-0.1, -0.05) is 0 Å². The van der Waals surface area contributed by atoms with Crippen LogP contribution in [0.15, 0.2) is 0 Å². The zero-order valence-corrected chi connectivity index (χ0v) is 12.8. The third-order valence-electron chi connectivity index (χ3n) is 3.73. The second kappa shape index (κ2) is 8.35. The molecule has 0 aromatic rings. The zero-order valence-electron chi connectivity index (χ0n) is 12.8. The van der Waals surface area contributed by atoms with E-state index in [0.29, 0.717) is 19.6 Å². The summed E-state index contributed by atoms with van der Waals surface area (Å²) in [7, 11) is 0. The molecule has 10 heteroatoms. The van der Waals surface area contributed by atoms with Gasteiger partial charge in [-0.15, -0.1) is 0 Å². The van der Waals surface area contributed by atoms with E-state index in [2.05, 4.69) is 4.74 Å². The number of ether oxygens (including phenoxy) is 2. The molecule has 142 valence electrons. The first-order valence-corrected chi connectivity index (χ1v) is 7.49. The predicted octanol–water partition coefficient (Wildman–Crippen LogP) is 4.35. The summed E-state index contributed by atoms with van der Waals surface area (Å²) < 4.78 is 97.6. The Labute approximate surface area is 134 Å². The molecule has 1 heterocycles. The lowest BCUT2D eigenvalue weighted by Crippen LogP contribution is -2.44. The number of hydrogen-bond donors (Lipinski definition) is 0. The Morgan fingerprint density at radius 2 is 1.58 bits per heavy atom.